The first kappa shape index (κ1) is 19.3. The zero-order valence-electron chi connectivity index (χ0n) is 16.1. The monoisotopic (exact) mass is 382 g/mol. The lowest BCUT2D eigenvalue weighted by Crippen LogP contribution is -2.27. The number of rotatable bonds is 8. The summed E-state index contributed by atoms with van der Waals surface area (Å²) in [5.41, 5.74) is 7.22. The molecule has 7 heteroatoms. The molecule has 2 heterocycles. The largest absolute Gasteiger partial charge is 0.368 e. The predicted molar refractivity (Wildman–Crippen MR) is 112 cm³/mol. The lowest BCUT2D eigenvalue weighted by atomic mass is 10.1. The molecule has 0 aliphatic heterocycles. The molecular formula is C20H26N6S. The van der Waals surface area contributed by atoms with Crippen molar-refractivity contribution in [2.24, 2.45) is 0 Å². The molecule has 3 aromatic rings. The number of nitrogens with two attached hydrogens (primary N) is 1. The minimum Gasteiger partial charge on any atom is -0.368 e. The number of anilines is 2. The molecule has 0 fully saturated rings. The van der Waals surface area contributed by atoms with E-state index in [1.54, 1.807) is 0 Å². The van der Waals surface area contributed by atoms with Crippen molar-refractivity contribution in [1.82, 2.24) is 19.9 Å². The van der Waals surface area contributed by atoms with Crippen LogP contribution in [0.5, 0.6) is 0 Å². The van der Waals surface area contributed by atoms with Gasteiger partial charge in [0.2, 0.25) is 11.9 Å². The summed E-state index contributed by atoms with van der Waals surface area (Å²) in [5, 5.41) is 0. The molecule has 0 saturated carbocycles. The van der Waals surface area contributed by atoms with Gasteiger partial charge in [-0.05, 0) is 31.0 Å². The van der Waals surface area contributed by atoms with Gasteiger partial charge >= 0.3 is 0 Å². The van der Waals surface area contributed by atoms with E-state index in [4.69, 9.17) is 5.73 Å². The van der Waals surface area contributed by atoms with E-state index < -0.39 is 0 Å². The van der Waals surface area contributed by atoms with Crippen LogP contribution in [0.2, 0.25) is 0 Å². The highest BCUT2D eigenvalue weighted by molar-refractivity contribution is 7.11. The molecule has 0 radical (unpaired) electrons. The summed E-state index contributed by atoms with van der Waals surface area (Å²) in [6.07, 6.45) is 0.978. The third-order valence-electron chi connectivity index (χ3n) is 4.19. The van der Waals surface area contributed by atoms with Crippen LogP contribution in [0.25, 0.3) is 0 Å². The van der Waals surface area contributed by atoms with Gasteiger partial charge in [-0.15, -0.1) is 11.3 Å². The van der Waals surface area contributed by atoms with E-state index in [1.807, 2.05) is 36.4 Å². The SMILES string of the molecule is Cc1ccc(CN(CCc2ccccc2)Cc2nc(N)nc(N(C)C)n2)s1. The van der Waals surface area contributed by atoms with Crippen molar-refractivity contribution >= 4 is 23.2 Å². The Hall–Kier alpha value is -2.51. The van der Waals surface area contributed by atoms with Crippen LogP contribution in [0.4, 0.5) is 11.9 Å². The van der Waals surface area contributed by atoms with Crippen LogP contribution < -0.4 is 10.6 Å². The zero-order valence-corrected chi connectivity index (χ0v) is 16.9. The summed E-state index contributed by atoms with van der Waals surface area (Å²) < 4.78 is 0. The first-order valence-electron chi connectivity index (χ1n) is 8.99. The average Bonchev–Trinajstić information content (AvgIpc) is 3.05. The van der Waals surface area contributed by atoms with Crippen molar-refractivity contribution < 1.29 is 0 Å². The first-order valence-corrected chi connectivity index (χ1v) is 9.80. The minimum atomic E-state index is 0.263. The molecule has 2 aromatic heterocycles. The summed E-state index contributed by atoms with van der Waals surface area (Å²) in [4.78, 5) is 20.0. The molecule has 3 rings (SSSR count). The smallest absolute Gasteiger partial charge is 0.229 e. The number of benzene rings is 1. The second-order valence-corrected chi connectivity index (χ2v) is 8.14. The van der Waals surface area contributed by atoms with Gasteiger partial charge in [-0.2, -0.15) is 15.0 Å². The number of hydrogen-bond acceptors (Lipinski definition) is 7. The quantitative estimate of drug-likeness (QED) is 0.645. The second kappa shape index (κ2) is 8.92. The van der Waals surface area contributed by atoms with Gasteiger partial charge < -0.3 is 10.6 Å². The van der Waals surface area contributed by atoms with Crippen molar-refractivity contribution in [3.05, 3.63) is 63.6 Å². The molecule has 0 spiro atoms. The van der Waals surface area contributed by atoms with Crippen LogP contribution in [0.15, 0.2) is 42.5 Å². The molecule has 0 unspecified atom stereocenters. The maximum atomic E-state index is 5.89. The van der Waals surface area contributed by atoms with Crippen LogP contribution >= 0.6 is 11.3 Å². The Morgan fingerprint density at radius 3 is 2.41 bits per heavy atom. The van der Waals surface area contributed by atoms with Crippen molar-refractivity contribution in [3.63, 3.8) is 0 Å². The lowest BCUT2D eigenvalue weighted by Gasteiger charge is -2.21. The van der Waals surface area contributed by atoms with Crippen molar-refractivity contribution in [1.29, 1.82) is 0 Å². The molecule has 0 aliphatic carbocycles. The molecule has 1 aromatic carbocycles. The number of hydrogen-bond donors (Lipinski definition) is 1. The van der Waals surface area contributed by atoms with Gasteiger partial charge in [0.1, 0.15) is 5.82 Å². The molecule has 0 atom stereocenters. The standard InChI is InChI=1S/C20H26N6S/c1-15-9-10-17(27-15)13-26(12-11-16-7-5-4-6-8-16)14-18-22-19(21)24-20(23-18)25(2)3/h4-10H,11-14H2,1-3H3,(H2,21,22,23,24). The fraction of sp³-hybridized carbons (Fsp3) is 0.350. The zero-order chi connectivity index (χ0) is 19.2. The molecule has 0 bridgehead atoms. The van der Waals surface area contributed by atoms with Gasteiger partial charge in [-0.25, -0.2) is 0 Å². The molecule has 0 aliphatic rings. The Bertz CT molecular complexity index is 862. The highest BCUT2D eigenvalue weighted by Crippen LogP contribution is 2.19. The summed E-state index contributed by atoms with van der Waals surface area (Å²) in [7, 11) is 3.81. The van der Waals surface area contributed by atoms with Crippen LogP contribution in [-0.2, 0) is 19.5 Å². The van der Waals surface area contributed by atoms with E-state index in [2.05, 4.69) is 63.2 Å². The Kier molecular flexibility index (Phi) is 6.36. The fourth-order valence-electron chi connectivity index (χ4n) is 2.83. The molecule has 142 valence electrons. The minimum absolute atomic E-state index is 0.263. The van der Waals surface area contributed by atoms with Gasteiger partial charge in [0.15, 0.2) is 0 Å². The molecule has 0 saturated heterocycles. The number of aryl methyl sites for hydroxylation is 1. The Morgan fingerprint density at radius 2 is 1.74 bits per heavy atom. The summed E-state index contributed by atoms with van der Waals surface area (Å²) in [6.45, 7) is 4.56. The molecule has 27 heavy (non-hydrogen) atoms. The second-order valence-electron chi connectivity index (χ2n) is 6.76. The molecular weight excluding hydrogens is 356 g/mol. The van der Waals surface area contributed by atoms with E-state index in [1.165, 1.54) is 15.3 Å². The number of nitrogens with zero attached hydrogens (tertiary/aromatic N) is 5. The van der Waals surface area contributed by atoms with Crippen LogP contribution in [0.3, 0.4) is 0 Å². The number of thiophene rings is 1. The van der Waals surface area contributed by atoms with E-state index in [9.17, 15) is 0 Å². The van der Waals surface area contributed by atoms with Crippen LogP contribution in [-0.4, -0.2) is 40.5 Å². The van der Waals surface area contributed by atoms with Gasteiger partial charge in [-0.1, -0.05) is 30.3 Å². The first-order chi connectivity index (χ1) is 13.0. The van der Waals surface area contributed by atoms with Gasteiger partial charge in [-0.3, -0.25) is 4.90 Å². The lowest BCUT2D eigenvalue weighted by molar-refractivity contribution is 0.255. The third kappa shape index (κ3) is 5.74. The van der Waals surface area contributed by atoms with E-state index in [0.29, 0.717) is 18.3 Å². The maximum Gasteiger partial charge on any atom is 0.229 e. The average molecular weight is 383 g/mol. The third-order valence-corrected chi connectivity index (χ3v) is 5.17. The van der Waals surface area contributed by atoms with Crippen LogP contribution in [0.1, 0.15) is 21.1 Å². The number of aromatic nitrogens is 3. The van der Waals surface area contributed by atoms with Crippen molar-refractivity contribution in [2.75, 3.05) is 31.3 Å². The molecule has 2 N–H and O–H groups in total. The van der Waals surface area contributed by atoms with Gasteiger partial charge in [0.25, 0.3) is 0 Å². The Balaban J connectivity index is 1.76. The predicted octanol–water partition coefficient (Wildman–Crippen LogP) is 3.13. The van der Waals surface area contributed by atoms with E-state index in [0.717, 1.165) is 19.5 Å². The summed E-state index contributed by atoms with van der Waals surface area (Å²) in [5.74, 6) is 1.55. The number of nitrogen functional groups attached to an aromatic ring is 1. The summed E-state index contributed by atoms with van der Waals surface area (Å²) in [6, 6.07) is 14.9. The molecule has 6 nitrogen and oxygen atoms in total. The fourth-order valence-corrected chi connectivity index (χ4v) is 3.77. The van der Waals surface area contributed by atoms with Crippen molar-refractivity contribution in [2.45, 2.75) is 26.4 Å². The Labute approximate surface area is 164 Å². The summed E-state index contributed by atoms with van der Waals surface area (Å²) >= 11 is 1.83. The highest BCUT2D eigenvalue weighted by Gasteiger charge is 2.13. The van der Waals surface area contributed by atoms with Gasteiger partial charge in [0.05, 0.1) is 6.54 Å². The topological polar surface area (TPSA) is 71.2 Å². The van der Waals surface area contributed by atoms with E-state index in [-0.39, 0.29) is 5.95 Å². The maximum absolute atomic E-state index is 5.89. The van der Waals surface area contributed by atoms with Gasteiger partial charge in [0, 0.05) is 36.9 Å². The normalized spacial score (nSPS) is 11.1. The van der Waals surface area contributed by atoms with E-state index >= 15 is 0 Å². The Morgan fingerprint density at radius 1 is 0.963 bits per heavy atom. The molecule has 0 amide bonds. The highest BCUT2D eigenvalue weighted by atomic mass is 32.1. The van der Waals surface area contributed by atoms with Crippen LogP contribution in [0, 0.1) is 6.92 Å². The van der Waals surface area contributed by atoms with Crippen molar-refractivity contribution in [3.8, 4) is 0 Å².